The molecule has 0 aromatic heterocycles. The predicted molar refractivity (Wildman–Crippen MR) is 90.4 cm³/mol. The number of non-ortho nitro benzene ring substituents is 1. The lowest BCUT2D eigenvalue weighted by Gasteiger charge is -2.08. The average Bonchev–Trinajstić information content (AvgIpc) is 2.60. The molecular weight excluding hydrogens is 330 g/mol. The Morgan fingerprint density at radius 1 is 1.12 bits per heavy atom. The van der Waals surface area contributed by atoms with Crippen molar-refractivity contribution >= 4 is 29.0 Å². The van der Waals surface area contributed by atoms with Gasteiger partial charge in [0.25, 0.3) is 11.4 Å². The molecule has 0 aliphatic heterocycles. The van der Waals surface area contributed by atoms with Gasteiger partial charge in [-0.05, 0) is 18.2 Å². The van der Waals surface area contributed by atoms with E-state index < -0.39 is 15.8 Å². The highest BCUT2D eigenvalue weighted by molar-refractivity contribution is 6.03. The fourth-order valence-corrected chi connectivity index (χ4v) is 2.03. The lowest BCUT2D eigenvalue weighted by atomic mass is 10.1. The molecule has 2 rings (SSSR count). The van der Waals surface area contributed by atoms with Crippen molar-refractivity contribution in [3.63, 3.8) is 0 Å². The smallest absolute Gasteiger partial charge is 0.276 e. The van der Waals surface area contributed by atoms with Crippen molar-refractivity contribution in [3.05, 3.63) is 74.3 Å². The molecule has 0 aliphatic carbocycles. The number of anilines is 1. The summed E-state index contributed by atoms with van der Waals surface area (Å²) >= 11 is 0. The number of ether oxygens (including phenoxy) is 1. The Kier molecular flexibility index (Phi) is 5.41. The normalized spacial score (nSPS) is 10.4. The van der Waals surface area contributed by atoms with Gasteiger partial charge in [0.2, 0.25) is 5.91 Å². The first-order valence-electron chi connectivity index (χ1n) is 6.97. The van der Waals surface area contributed by atoms with Crippen LogP contribution in [0.25, 0.3) is 6.08 Å². The van der Waals surface area contributed by atoms with Crippen molar-refractivity contribution in [3.8, 4) is 5.75 Å². The summed E-state index contributed by atoms with van der Waals surface area (Å²) in [6, 6.07) is 9.73. The Hall–Kier alpha value is -3.75. The molecule has 2 aromatic carbocycles. The van der Waals surface area contributed by atoms with E-state index in [9.17, 15) is 25.0 Å². The molecular formula is C16H13N3O6. The third kappa shape index (κ3) is 4.38. The summed E-state index contributed by atoms with van der Waals surface area (Å²) < 4.78 is 5.02. The summed E-state index contributed by atoms with van der Waals surface area (Å²) in [6.07, 6.45) is 2.44. The second kappa shape index (κ2) is 7.68. The number of carbonyl (C=O) groups excluding carboxylic acids is 1. The fraction of sp³-hybridized carbons (Fsp3) is 0.0625. The first kappa shape index (κ1) is 17.6. The topological polar surface area (TPSA) is 125 Å². The van der Waals surface area contributed by atoms with E-state index in [2.05, 4.69) is 5.32 Å². The second-order valence-electron chi connectivity index (χ2n) is 4.78. The minimum Gasteiger partial charge on any atom is -0.494 e. The van der Waals surface area contributed by atoms with E-state index in [0.717, 1.165) is 6.08 Å². The summed E-state index contributed by atoms with van der Waals surface area (Å²) in [7, 11) is 1.32. The molecule has 128 valence electrons. The van der Waals surface area contributed by atoms with Crippen molar-refractivity contribution in [2.45, 2.75) is 0 Å². The van der Waals surface area contributed by atoms with Crippen LogP contribution in [0.5, 0.6) is 5.75 Å². The summed E-state index contributed by atoms with van der Waals surface area (Å²) in [5.74, 6) is -0.438. The van der Waals surface area contributed by atoms with Crippen LogP contribution in [0.2, 0.25) is 0 Å². The summed E-state index contributed by atoms with van der Waals surface area (Å²) in [5, 5.41) is 24.2. The number of nitrogens with zero attached hydrogens (tertiary/aromatic N) is 2. The van der Waals surface area contributed by atoms with Crippen LogP contribution in [-0.2, 0) is 4.79 Å². The number of amides is 1. The van der Waals surface area contributed by atoms with Gasteiger partial charge in [0.1, 0.15) is 5.75 Å². The molecule has 0 aliphatic rings. The maximum atomic E-state index is 12.0. The number of nitro groups is 2. The Bertz CT molecular complexity index is 863. The van der Waals surface area contributed by atoms with Gasteiger partial charge in [-0.1, -0.05) is 12.1 Å². The van der Waals surface area contributed by atoms with E-state index in [1.807, 2.05) is 0 Å². The molecule has 9 heteroatoms. The zero-order valence-corrected chi connectivity index (χ0v) is 13.0. The van der Waals surface area contributed by atoms with Crippen molar-refractivity contribution < 1.29 is 19.4 Å². The van der Waals surface area contributed by atoms with Crippen LogP contribution in [0.15, 0.2) is 48.5 Å². The van der Waals surface area contributed by atoms with Gasteiger partial charge < -0.3 is 10.1 Å². The maximum absolute atomic E-state index is 12.0. The molecule has 25 heavy (non-hydrogen) atoms. The molecule has 0 heterocycles. The van der Waals surface area contributed by atoms with Gasteiger partial charge in [0, 0.05) is 18.2 Å². The Balaban J connectivity index is 2.18. The van der Waals surface area contributed by atoms with Crippen molar-refractivity contribution in [2.24, 2.45) is 0 Å². The van der Waals surface area contributed by atoms with Gasteiger partial charge in [-0.25, -0.2) is 0 Å². The van der Waals surface area contributed by atoms with Crippen LogP contribution in [0.3, 0.4) is 0 Å². The molecule has 0 spiro atoms. The highest BCUT2D eigenvalue weighted by Crippen LogP contribution is 2.29. The van der Waals surface area contributed by atoms with Crippen LogP contribution in [-0.4, -0.2) is 22.9 Å². The number of methoxy groups -OCH3 is 1. The zero-order valence-electron chi connectivity index (χ0n) is 13.0. The highest BCUT2D eigenvalue weighted by Gasteiger charge is 2.13. The van der Waals surface area contributed by atoms with Gasteiger partial charge >= 0.3 is 0 Å². The minimum absolute atomic E-state index is 0.125. The lowest BCUT2D eigenvalue weighted by molar-refractivity contribution is -0.385. The van der Waals surface area contributed by atoms with Crippen LogP contribution < -0.4 is 10.1 Å². The van der Waals surface area contributed by atoms with E-state index in [0.29, 0.717) is 0 Å². The number of rotatable bonds is 6. The molecule has 0 fully saturated rings. The zero-order chi connectivity index (χ0) is 18.4. The van der Waals surface area contributed by atoms with Gasteiger partial charge in [-0.3, -0.25) is 25.0 Å². The van der Waals surface area contributed by atoms with Crippen molar-refractivity contribution in [1.82, 2.24) is 0 Å². The average molecular weight is 343 g/mol. The van der Waals surface area contributed by atoms with Gasteiger partial charge in [0.15, 0.2) is 0 Å². The summed E-state index contributed by atoms with van der Waals surface area (Å²) in [6.45, 7) is 0. The summed E-state index contributed by atoms with van der Waals surface area (Å²) in [4.78, 5) is 32.5. The van der Waals surface area contributed by atoms with Gasteiger partial charge in [0.05, 0.1) is 34.3 Å². The standard InChI is InChI=1S/C16H13N3O6/c1-25-15-10-12(18(21)22)7-8-13(15)17-16(20)9-6-11-4-2-3-5-14(11)19(23)24/h2-10H,1H3,(H,17,20). The molecule has 0 radical (unpaired) electrons. The first-order chi connectivity index (χ1) is 11.9. The number of nitro benzene ring substituents is 2. The molecule has 9 nitrogen and oxygen atoms in total. The highest BCUT2D eigenvalue weighted by atomic mass is 16.6. The predicted octanol–water partition coefficient (Wildman–Crippen LogP) is 3.16. The van der Waals surface area contributed by atoms with Crippen molar-refractivity contribution in [2.75, 3.05) is 12.4 Å². The van der Waals surface area contributed by atoms with E-state index >= 15 is 0 Å². The minimum atomic E-state index is -0.581. The number of hydrogen-bond donors (Lipinski definition) is 1. The van der Waals surface area contributed by atoms with E-state index in [-0.39, 0.29) is 28.4 Å². The SMILES string of the molecule is COc1cc([N+](=O)[O-])ccc1NC(=O)C=Cc1ccccc1[N+](=O)[O-]. The van der Waals surface area contributed by atoms with Crippen molar-refractivity contribution in [1.29, 1.82) is 0 Å². The second-order valence-corrected chi connectivity index (χ2v) is 4.78. The molecule has 0 atom stereocenters. The molecule has 1 N–H and O–H groups in total. The quantitative estimate of drug-likeness (QED) is 0.488. The largest absolute Gasteiger partial charge is 0.494 e. The van der Waals surface area contributed by atoms with Crippen LogP contribution in [0.4, 0.5) is 17.1 Å². The van der Waals surface area contributed by atoms with Crippen LogP contribution in [0, 0.1) is 20.2 Å². The summed E-state index contributed by atoms with van der Waals surface area (Å²) in [5.41, 5.74) is 0.216. The third-order valence-electron chi connectivity index (χ3n) is 3.20. The molecule has 0 saturated carbocycles. The molecule has 2 aromatic rings. The lowest BCUT2D eigenvalue weighted by Crippen LogP contribution is -2.09. The van der Waals surface area contributed by atoms with Gasteiger partial charge in [-0.15, -0.1) is 0 Å². The molecule has 1 amide bonds. The Labute approximate surface area is 141 Å². The van der Waals surface area contributed by atoms with E-state index in [4.69, 9.17) is 4.74 Å². The number of benzene rings is 2. The Morgan fingerprint density at radius 3 is 2.48 bits per heavy atom. The van der Waals surface area contributed by atoms with E-state index in [1.54, 1.807) is 6.07 Å². The van der Waals surface area contributed by atoms with Crippen LogP contribution >= 0.6 is 0 Å². The number of para-hydroxylation sites is 1. The molecule has 0 bridgehead atoms. The first-order valence-corrected chi connectivity index (χ1v) is 6.97. The number of carbonyl (C=O) groups is 1. The van der Waals surface area contributed by atoms with E-state index in [1.165, 1.54) is 49.6 Å². The number of nitrogens with one attached hydrogen (secondary N) is 1. The van der Waals surface area contributed by atoms with Crippen LogP contribution in [0.1, 0.15) is 5.56 Å². The number of hydrogen-bond acceptors (Lipinski definition) is 6. The maximum Gasteiger partial charge on any atom is 0.276 e. The third-order valence-corrected chi connectivity index (χ3v) is 3.20. The monoisotopic (exact) mass is 343 g/mol. The fourth-order valence-electron chi connectivity index (χ4n) is 2.03. The van der Waals surface area contributed by atoms with Gasteiger partial charge in [-0.2, -0.15) is 0 Å². The molecule has 0 unspecified atom stereocenters. The Morgan fingerprint density at radius 2 is 1.84 bits per heavy atom. The molecule has 0 saturated heterocycles.